The van der Waals surface area contributed by atoms with Gasteiger partial charge in [-0.1, -0.05) is 23.7 Å². The Bertz CT molecular complexity index is 587. The minimum absolute atomic E-state index is 0.000133. The molecule has 88 valence electrons. The molecule has 0 aliphatic rings. The molecular weight excluding hydrogens is 238 g/mol. The number of aromatic nitrogens is 1. The molecule has 0 radical (unpaired) electrons. The number of pyridine rings is 1. The van der Waals surface area contributed by atoms with Gasteiger partial charge in [-0.25, -0.2) is 0 Å². The number of hydrogen-bond acceptors (Lipinski definition) is 2. The summed E-state index contributed by atoms with van der Waals surface area (Å²) in [5, 5.41) is 9.96. The summed E-state index contributed by atoms with van der Waals surface area (Å²) in [5.74, 6) is -0.000133. The largest absolute Gasteiger partial charge is 0.508 e. The highest BCUT2D eigenvalue weighted by atomic mass is 35.5. The molecule has 1 aromatic carbocycles. The van der Waals surface area contributed by atoms with Crippen molar-refractivity contribution in [2.45, 2.75) is 13.5 Å². The second-order valence-electron chi connectivity index (χ2n) is 3.91. The lowest BCUT2D eigenvalue weighted by Gasteiger charge is -2.10. The molecule has 4 heteroatoms. The van der Waals surface area contributed by atoms with Crippen molar-refractivity contribution in [3.63, 3.8) is 0 Å². The highest BCUT2D eigenvalue weighted by Crippen LogP contribution is 2.12. The fourth-order valence-electron chi connectivity index (χ4n) is 1.69. The van der Waals surface area contributed by atoms with Crippen molar-refractivity contribution in [1.82, 2.24) is 4.57 Å². The van der Waals surface area contributed by atoms with E-state index in [9.17, 15) is 9.90 Å². The van der Waals surface area contributed by atoms with Crippen molar-refractivity contribution < 1.29 is 5.11 Å². The van der Waals surface area contributed by atoms with Crippen LogP contribution in [0.1, 0.15) is 11.3 Å². The average Bonchev–Trinajstić information content (AvgIpc) is 2.26. The molecule has 2 aromatic rings. The van der Waals surface area contributed by atoms with Gasteiger partial charge in [0.2, 0.25) is 0 Å². The molecule has 0 saturated carbocycles. The Kier molecular flexibility index (Phi) is 3.20. The molecule has 1 heterocycles. The molecule has 0 amide bonds. The summed E-state index contributed by atoms with van der Waals surface area (Å²) >= 11 is 5.80. The molecule has 1 aromatic heterocycles. The van der Waals surface area contributed by atoms with E-state index < -0.39 is 0 Å². The minimum Gasteiger partial charge on any atom is -0.508 e. The fourth-order valence-corrected chi connectivity index (χ4v) is 1.81. The first kappa shape index (κ1) is 11.7. The molecule has 0 spiro atoms. The Balaban J connectivity index is 2.36. The lowest BCUT2D eigenvalue weighted by molar-refractivity contribution is 0.470. The Morgan fingerprint density at radius 1 is 1.24 bits per heavy atom. The maximum Gasteiger partial charge on any atom is 0.254 e. The first-order chi connectivity index (χ1) is 8.06. The second kappa shape index (κ2) is 4.63. The van der Waals surface area contributed by atoms with E-state index in [2.05, 4.69) is 0 Å². The molecular formula is C13H12ClNO2. The SMILES string of the molecule is Cc1cc(O)cc(=O)n1Cc1ccc(Cl)cc1. The van der Waals surface area contributed by atoms with Gasteiger partial charge in [0.1, 0.15) is 5.75 Å². The van der Waals surface area contributed by atoms with Crippen LogP contribution < -0.4 is 5.56 Å². The molecule has 0 aliphatic carbocycles. The van der Waals surface area contributed by atoms with Crippen molar-refractivity contribution >= 4 is 11.6 Å². The molecule has 0 unspecified atom stereocenters. The van der Waals surface area contributed by atoms with Crippen LogP contribution in [0.4, 0.5) is 0 Å². The fraction of sp³-hybridized carbons (Fsp3) is 0.154. The van der Waals surface area contributed by atoms with E-state index in [4.69, 9.17) is 11.6 Å². The van der Waals surface area contributed by atoms with E-state index in [1.54, 1.807) is 29.7 Å². The number of rotatable bonds is 2. The summed E-state index contributed by atoms with van der Waals surface area (Å²) < 4.78 is 1.60. The van der Waals surface area contributed by atoms with Gasteiger partial charge in [-0.05, 0) is 30.7 Å². The first-order valence-electron chi connectivity index (χ1n) is 5.21. The third-order valence-corrected chi connectivity index (χ3v) is 2.83. The van der Waals surface area contributed by atoms with Crippen molar-refractivity contribution in [3.8, 4) is 5.75 Å². The van der Waals surface area contributed by atoms with E-state index in [0.29, 0.717) is 11.6 Å². The first-order valence-corrected chi connectivity index (χ1v) is 5.59. The molecule has 0 fully saturated rings. The number of halogens is 1. The van der Waals surface area contributed by atoms with Gasteiger partial charge in [0, 0.05) is 16.8 Å². The van der Waals surface area contributed by atoms with Crippen LogP contribution in [0, 0.1) is 6.92 Å². The number of aromatic hydroxyl groups is 1. The van der Waals surface area contributed by atoms with Gasteiger partial charge in [-0.3, -0.25) is 4.79 Å². The Labute approximate surface area is 104 Å². The monoisotopic (exact) mass is 249 g/mol. The number of benzene rings is 1. The van der Waals surface area contributed by atoms with Gasteiger partial charge < -0.3 is 9.67 Å². The zero-order valence-electron chi connectivity index (χ0n) is 9.35. The average molecular weight is 250 g/mol. The van der Waals surface area contributed by atoms with Crippen LogP contribution in [0.2, 0.25) is 5.02 Å². The number of hydrogen-bond donors (Lipinski definition) is 1. The van der Waals surface area contributed by atoms with Gasteiger partial charge in [0.25, 0.3) is 5.56 Å². The molecule has 3 nitrogen and oxygen atoms in total. The number of aryl methyl sites for hydroxylation is 1. The van der Waals surface area contributed by atoms with Crippen LogP contribution in [0.3, 0.4) is 0 Å². The van der Waals surface area contributed by atoms with Gasteiger partial charge in [0.15, 0.2) is 0 Å². The highest BCUT2D eigenvalue weighted by Gasteiger charge is 2.03. The standard InChI is InChI=1S/C13H12ClNO2/c1-9-6-12(16)7-13(17)15(9)8-10-2-4-11(14)5-3-10/h2-7,16H,8H2,1H3. The molecule has 17 heavy (non-hydrogen) atoms. The van der Waals surface area contributed by atoms with Crippen LogP contribution in [0.25, 0.3) is 0 Å². The topological polar surface area (TPSA) is 42.2 Å². The summed E-state index contributed by atoms with van der Waals surface area (Å²) in [7, 11) is 0. The lowest BCUT2D eigenvalue weighted by atomic mass is 10.2. The van der Waals surface area contributed by atoms with E-state index in [1.165, 1.54) is 6.07 Å². The summed E-state index contributed by atoms with van der Waals surface area (Å²) in [4.78, 5) is 11.7. The molecule has 0 atom stereocenters. The quantitative estimate of drug-likeness (QED) is 0.889. The van der Waals surface area contributed by atoms with Crippen molar-refractivity contribution in [3.05, 3.63) is 63.0 Å². The molecule has 0 saturated heterocycles. The van der Waals surface area contributed by atoms with Gasteiger partial charge >= 0.3 is 0 Å². The second-order valence-corrected chi connectivity index (χ2v) is 4.34. The van der Waals surface area contributed by atoms with Crippen molar-refractivity contribution in [1.29, 1.82) is 0 Å². The Morgan fingerprint density at radius 3 is 2.47 bits per heavy atom. The van der Waals surface area contributed by atoms with E-state index in [0.717, 1.165) is 11.3 Å². The zero-order valence-corrected chi connectivity index (χ0v) is 10.1. The predicted octanol–water partition coefficient (Wildman–Crippen LogP) is 2.56. The smallest absolute Gasteiger partial charge is 0.254 e. The van der Waals surface area contributed by atoms with Gasteiger partial charge in [-0.2, -0.15) is 0 Å². The van der Waals surface area contributed by atoms with Crippen LogP contribution in [0.5, 0.6) is 5.75 Å². The van der Waals surface area contributed by atoms with Crippen molar-refractivity contribution in [2.75, 3.05) is 0 Å². The third kappa shape index (κ3) is 2.68. The van der Waals surface area contributed by atoms with Crippen LogP contribution in [-0.2, 0) is 6.54 Å². The maximum absolute atomic E-state index is 11.7. The summed E-state index contributed by atoms with van der Waals surface area (Å²) in [5.41, 5.74) is 1.51. The van der Waals surface area contributed by atoms with Gasteiger partial charge in [-0.15, -0.1) is 0 Å². The normalized spacial score (nSPS) is 10.5. The molecule has 2 rings (SSSR count). The van der Waals surface area contributed by atoms with Crippen molar-refractivity contribution in [2.24, 2.45) is 0 Å². The van der Waals surface area contributed by atoms with E-state index in [1.807, 2.05) is 12.1 Å². The number of nitrogens with zero attached hydrogens (tertiary/aromatic N) is 1. The molecule has 0 bridgehead atoms. The van der Waals surface area contributed by atoms with Crippen LogP contribution in [-0.4, -0.2) is 9.67 Å². The Morgan fingerprint density at radius 2 is 1.88 bits per heavy atom. The third-order valence-electron chi connectivity index (χ3n) is 2.57. The summed E-state index contributed by atoms with van der Waals surface area (Å²) in [6, 6.07) is 10.1. The molecule has 1 N–H and O–H groups in total. The highest BCUT2D eigenvalue weighted by molar-refractivity contribution is 6.30. The van der Waals surface area contributed by atoms with Crippen LogP contribution >= 0.6 is 11.6 Å². The summed E-state index contributed by atoms with van der Waals surface area (Å²) in [6.07, 6.45) is 0. The predicted molar refractivity (Wildman–Crippen MR) is 67.7 cm³/mol. The minimum atomic E-state index is -0.211. The molecule has 0 aliphatic heterocycles. The van der Waals surface area contributed by atoms with Crippen LogP contribution in [0.15, 0.2) is 41.2 Å². The zero-order chi connectivity index (χ0) is 12.4. The summed E-state index contributed by atoms with van der Waals surface area (Å²) in [6.45, 7) is 2.26. The van der Waals surface area contributed by atoms with E-state index in [-0.39, 0.29) is 11.3 Å². The van der Waals surface area contributed by atoms with E-state index >= 15 is 0 Å². The lowest BCUT2D eigenvalue weighted by Crippen LogP contribution is -2.21. The van der Waals surface area contributed by atoms with Gasteiger partial charge in [0.05, 0.1) is 6.54 Å². The Hall–Kier alpha value is -1.74. The maximum atomic E-state index is 11.7.